The number of aryl methyl sites for hydroxylation is 1. The number of carbonyl (C=O) groups excluding carboxylic acids is 1. The second-order valence-electron chi connectivity index (χ2n) is 4.57. The maximum absolute atomic E-state index is 11.3. The Labute approximate surface area is 102 Å². The number of esters is 1. The minimum Gasteiger partial charge on any atom is -0.468 e. The molecule has 0 aliphatic heterocycles. The molecule has 1 aromatic heterocycles. The first-order valence-electron chi connectivity index (χ1n) is 6.17. The average molecular weight is 236 g/mol. The summed E-state index contributed by atoms with van der Waals surface area (Å²) in [6, 6.07) is 0.423. The Morgan fingerprint density at radius 3 is 3.06 bits per heavy atom. The van der Waals surface area contributed by atoms with E-state index in [1.54, 1.807) is 0 Å². The van der Waals surface area contributed by atoms with Crippen LogP contribution in [0.25, 0.3) is 0 Å². The molecule has 1 heterocycles. The molecule has 0 amide bonds. The largest absolute Gasteiger partial charge is 0.468 e. The molecule has 1 unspecified atom stereocenters. The van der Waals surface area contributed by atoms with Crippen molar-refractivity contribution < 1.29 is 9.53 Å². The van der Waals surface area contributed by atoms with Gasteiger partial charge in [-0.25, -0.2) is 0 Å². The van der Waals surface area contributed by atoms with Gasteiger partial charge in [0.25, 0.3) is 0 Å². The Morgan fingerprint density at radius 1 is 1.53 bits per heavy atom. The van der Waals surface area contributed by atoms with Crippen LogP contribution in [-0.2, 0) is 22.5 Å². The predicted octanol–water partition coefficient (Wildman–Crippen LogP) is 1.65. The van der Waals surface area contributed by atoms with E-state index in [2.05, 4.69) is 22.4 Å². The minimum absolute atomic E-state index is 0.198. The van der Waals surface area contributed by atoms with Crippen LogP contribution in [0, 0.1) is 0 Å². The van der Waals surface area contributed by atoms with E-state index in [1.165, 1.54) is 37.5 Å². The van der Waals surface area contributed by atoms with Crippen LogP contribution in [0.3, 0.4) is 0 Å². The Hall–Kier alpha value is -1.29. The van der Waals surface area contributed by atoms with Gasteiger partial charge in [-0.1, -0.05) is 6.42 Å². The van der Waals surface area contributed by atoms with E-state index in [1.807, 2.05) is 11.6 Å². The number of methoxy groups -OCH3 is 1. The standard InChI is InChI=1S/C13H20N2O2/c1-14-12-6-4-3-5-10-7-15(8-11(10)12)9-13(16)17-2/h7-8,12,14H,3-6,9H2,1-2H3. The zero-order valence-corrected chi connectivity index (χ0v) is 10.5. The van der Waals surface area contributed by atoms with Crippen molar-refractivity contribution in [2.45, 2.75) is 38.3 Å². The maximum Gasteiger partial charge on any atom is 0.325 e. The molecule has 1 aliphatic carbocycles. The highest BCUT2D eigenvalue weighted by atomic mass is 16.5. The summed E-state index contributed by atoms with van der Waals surface area (Å²) in [5.41, 5.74) is 2.71. The molecule has 1 N–H and O–H groups in total. The van der Waals surface area contributed by atoms with Crippen molar-refractivity contribution in [1.29, 1.82) is 0 Å². The van der Waals surface area contributed by atoms with Gasteiger partial charge in [-0.05, 0) is 37.4 Å². The van der Waals surface area contributed by atoms with Gasteiger partial charge in [0.05, 0.1) is 7.11 Å². The second-order valence-corrected chi connectivity index (χ2v) is 4.57. The molecule has 1 atom stereocenters. The van der Waals surface area contributed by atoms with Crippen LogP contribution in [0.1, 0.15) is 36.4 Å². The van der Waals surface area contributed by atoms with Gasteiger partial charge in [-0.2, -0.15) is 0 Å². The first-order valence-corrected chi connectivity index (χ1v) is 6.17. The van der Waals surface area contributed by atoms with Crippen LogP contribution in [0.5, 0.6) is 0 Å². The van der Waals surface area contributed by atoms with Gasteiger partial charge in [0.15, 0.2) is 0 Å². The molecule has 0 fully saturated rings. The summed E-state index contributed by atoms with van der Waals surface area (Å²) in [7, 11) is 3.42. The molecule has 0 aromatic carbocycles. The predicted molar refractivity (Wildman–Crippen MR) is 65.8 cm³/mol. The number of fused-ring (bicyclic) bond motifs is 1. The summed E-state index contributed by atoms with van der Waals surface area (Å²) in [6.07, 6.45) is 8.94. The third kappa shape index (κ3) is 2.69. The quantitative estimate of drug-likeness (QED) is 0.641. The number of hydrogen-bond donors (Lipinski definition) is 1. The van der Waals surface area contributed by atoms with Gasteiger partial charge in [0.2, 0.25) is 0 Å². The van der Waals surface area contributed by atoms with E-state index in [9.17, 15) is 4.79 Å². The smallest absolute Gasteiger partial charge is 0.325 e. The Balaban J connectivity index is 2.20. The van der Waals surface area contributed by atoms with Gasteiger partial charge in [0, 0.05) is 18.4 Å². The lowest BCUT2D eigenvalue weighted by molar-refractivity contribution is -0.141. The second kappa shape index (κ2) is 5.36. The highest BCUT2D eigenvalue weighted by molar-refractivity contribution is 5.69. The Kier molecular flexibility index (Phi) is 3.84. The molecule has 0 saturated carbocycles. The Bertz CT molecular complexity index is 398. The fourth-order valence-corrected chi connectivity index (χ4v) is 2.52. The third-order valence-electron chi connectivity index (χ3n) is 3.45. The third-order valence-corrected chi connectivity index (χ3v) is 3.45. The van der Waals surface area contributed by atoms with E-state index in [0.717, 1.165) is 6.42 Å². The number of hydrogen-bond acceptors (Lipinski definition) is 3. The molecule has 0 bridgehead atoms. The summed E-state index contributed by atoms with van der Waals surface area (Å²) in [4.78, 5) is 11.3. The monoisotopic (exact) mass is 236 g/mol. The lowest BCUT2D eigenvalue weighted by Gasteiger charge is -2.13. The number of ether oxygens (including phenoxy) is 1. The van der Waals surface area contributed by atoms with Gasteiger partial charge < -0.3 is 14.6 Å². The fourth-order valence-electron chi connectivity index (χ4n) is 2.52. The summed E-state index contributed by atoms with van der Waals surface area (Å²) in [5, 5.41) is 3.35. The van der Waals surface area contributed by atoms with Crippen LogP contribution in [0.2, 0.25) is 0 Å². The summed E-state index contributed by atoms with van der Waals surface area (Å²) in [6.45, 7) is 0.305. The number of aromatic nitrogens is 1. The van der Waals surface area contributed by atoms with E-state index in [4.69, 9.17) is 0 Å². The molecule has 0 radical (unpaired) electrons. The van der Waals surface area contributed by atoms with Crippen molar-refractivity contribution in [2.24, 2.45) is 0 Å². The van der Waals surface area contributed by atoms with E-state index >= 15 is 0 Å². The van der Waals surface area contributed by atoms with Crippen molar-refractivity contribution in [1.82, 2.24) is 9.88 Å². The van der Waals surface area contributed by atoms with Crippen molar-refractivity contribution in [3.63, 3.8) is 0 Å². The fraction of sp³-hybridized carbons (Fsp3) is 0.615. The van der Waals surface area contributed by atoms with Gasteiger partial charge >= 0.3 is 5.97 Å². The molecule has 4 heteroatoms. The minimum atomic E-state index is -0.198. The zero-order chi connectivity index (χ0) is 12.3. The Morgan fingerprint density at radius 2 is 2.35 bits per heavy atom. The molecule has 0 spiro atoms. The highest BCUT2D eigenvalue weighted by Crippen LogP contribution is 2.29. The summed E-state index contributed by atoms with van der Waals surface area (Å²) >= 11 is 0. The molecular formula is C13H20N2O2. The van der Waals surface area contributed by atoms with E-state index in [0.29, 0.717) is 12.6 Å². The first kappa shape index (κ1) is 12.2. The topological polar surface area (TPSA) is 43.3 Å². The number of rotatable bonds is 3. The lowest BCUT2D eigenvalue weighted by atomic mass is 10.1. The van der Waals surface area contributed by atoms with Crippen LogP contribution in [0.4, 0.5) is 0 Å². The maximum atomic E-state index is 11.3. The molecule has 1 aliphatic rings. The van der Waals surface area contributed by atoms with Crippen molar-refractivity contribution >= 4 is 5.97 Å². The molecule has 94 valence electrons. The zero-order valence-electron chi connectivity index (χ0n) is 10.5. The average Bonchev–Trinajstić information content (AvgIpc) is 2.62. The van der Waals surface area contributed by atoms with E-state index in [-0.39, 0.29) is 5.97 Å². The molecule has 2 rings (SSSR count). The van der Waals surface area contributed by atoms with Crippen LogP contribution in [0.15, 0.2) is 12.4 Å². The van der Waals surface area contributed by atoms with E-state index < -0.39 is 0 Å². The molecular weight excluding hydrogens is 216 g/mol. The summed E-state index contributed by atoms with van der Waals surface area (Å²) < 4.78 is 6.63. The first-order chi connectivity index (χ1) is 8.24. The van der Waals surface area contributed by atoms with Crippen LogP contribution in [-0.4, -0.2) is 24.7 Å². The van der Waals surface area contributed by atoms with Gasteiger partial charge in [-0.3, -0.25) is 4.79 Å². The molecule has 1 aromatic rings. The molecule has 4 nitrogen and oxygen atoms in total. The molecule has 17 heavy (non-hydrogen) atoms. The normalized spacial score (nSPS) is 19.5. The SMILES string of the molecule is CNC1CCCCc2cn(CC(=O)OC)cc21. The highest BCUT2D eigenvalue weighted by Gasteiger charge is 2.19. The number of carbonyl (C=O) groups is 1. The van der Waals surface area contributed by atoms with Gasteiger partial charge in [-0.15, -0.1) is 0 Å². The van der Waals surface area contributed by atoms with Gasteiger partial charge in [0.1, 0.15) is 6.54 Å². The van der Waals surface area contributed by atoms with Crippen LogP contribution >= 0.6 is 0 Å². The van der Waals surface area contributed by atoms with Crippen molar-refractivity contribution in [2.75, 3.05) is 14.2 Å². The number of nitrogens with zero attached hydrogens (tertiary/aromatic N) is 1. The lowest BCUT2D eigenvalue weighted by Crippen LogP contribution is -2.16. The van der Waals surface area contributed by atoms with Crippen molar-refractivity contribution in [3.8, 4) is 0 Å². The van der Waals surface area contributed by atoms with Crippen molar-refractivity contribution in [3.05, 3.63) is 23.5 Å². The van der Waals surface area contributed by atoms with Crippen LogP contribution < -0.4 is 5.32 Å². The molecule has 0 saturated heterocycles. The summed E-state index contributed by atoms with van der Waals surface area (Å²) in [5.74, 6) is -0.198. The number of nitrogens with one attached hydrogen (secondary N) is 1.